The van der Waals surface area contributed by atoms with E-state index in [0.29, 0.717) is 18.2 Å². The summed E-state index contributed by atoms with van der Waals surface area (Å²) in [5, 5.41) is 6.61. The van der Waals surface area contributed by atoms with E-state index < -0.39 is 6.10 Å². The summed E-state index contributed by atoms with van der Waals surface area (Å²) in [7, 11) is 0. The molecule has 1 aliphatic rings. The Bertz CT molecular complexity index is 422. The second-order valence-electron chi connectivity index (χ2n) is 3.68. The Balaban J connectivity index is 2.02. The molecule has 0 saturated carbocycles. The molecule has 1 fully saturated rings. The number of nitrogens with one attached hydrogen (secondary N) is 2. The minimum Gasteiger partial charge on any atom is -0.366 e. The summed E-state index contributed by atoms with van der Waals surface area (Å²) >= 11 is 7.98. The van der Waals surface area contributed by atoms with Gasteiger partial charge in [-0.05, 0) is 40.8 Å². The van der Waals surface area contributed by atoms with Crippen molar-refractivity contribution in [2.75, 3.05) is 25.0 Å². The van der Waals surface area contributed by atoms with E-state index in [0.717, 1.165) is 15.8 Å². The number of halogens is 2. The second-order valence-corrected chi connectivity index (χ2v) is 5.28. The van der Waals surface area contributed by atoms with Gasteiger partial charge in [0.2, 0.25) is 0 Å². The highest BCUT2D eigenvalue weighted by Gasteiger charge is 2.22. The van der Waals surface area contributed by atoms with Crippen LogP contribution < -0.4 is 10.6 Å². The van der Waals surface area contributed by atoms with E-state index in [9.17, 15) is 4.79 Å². The highest BCUT2D eigenvalue weighted by molar-refractivity contribution is 14.1. The third kappa shape index (κ3) is 3.54. The Morgan fingerprint density at radius 2 is 2.41 bits per heavy atom. The molecule has 4 nitrogen and oxygen atoms in total. The van der Waals surface area contributed by atoms with E-state index in [-0.39, 0.29) is 5.91 Å². The number of hydrogen-bond donors (Lipinski definition) is 2. The highest BCUT2D eigenvalue weighted by Crippen LogP contribution is 2.22. The van der Waals surface area contributed by atoms with Crippen molar-refractivity contribution >= 4 is 45.8 Å². The van der Waals surface area contributed by atoms with Gasteiger partial charge in [0.25, 0.3) is 5.91 Å². The number of hydrogen-bond acceptors (Lipinski definition) is 3. The van der Waals surface area contributed by atoms with Gasteiger partial charge < -0.3 is 15.4 Å². The molecule has 1 aliphatic heterocycles. The first-order valence-electron chi connectivity index (χ1n) is 5.25. The number of benzene rings is 1. The molecule has 1 aromatic carbocycles. The maximum atomic E-state index is 11.9. The summed E-state index contributed by atoms with van der Waals surface area (Å²) in [6, 6.07) is 5.34. The van der Waals surface area contributed by atoms with Crippen LogP contribution in [0.15, 0.2) is 18.2 Å². The first-order chi connectivity index (χ1) is 8.16. The zero-order valence-electron chi connectivity index (χ0n) is 9.00. The van der Waals surface area contributed by atoms with E-state index in [1.807, 2.05) is 0 Å². The Morgan fingerprint density at radius 3 is 3.06 bits per heavy atom. The summed E-state index contributed by atoms with van der Waals surface area (Å²) in [6.07, 6.45) is -0.421. The summed E-state index contributed by atoms with van der Waals surface area (Å²) in [6.45, 7) is 1.91. The predicted molar refractivity (Wildman–Crippen MR) is 75.4 cm³/mol. The average Bonchev–Trinajstić information content (AvgIpc) is 2.34. The van der Waals surface area contributed by atoms with E-state index in [4.69, 9.17) is 16.3 Å². The van der Waals surface area contributed by atoms with Gasteiger partial charge in [-0.1, -0.05) is 11.6 Å². The van der Waals surface area contributed by atoms with Gasteiger partial charge in [0.05, 0.1) is 12.3 Å². The molecule has 0 spiro atoms. The Labute approximate surface area is 118 Å². The van der Waals surface area contributed by atoms with E-state index in [1.54, 1.807) is 18.2 Å². The van der Waals surface area contributed by atoms with Gasteiger partial charge in [-0.3, -0.25) is 4.79 Å². The predicted octanol–water partition coefficient (Wildman–Crippen LogP) is 1.87. The molecule has 1 atom stereocenters. The third-order valence-corrected chi connectivity index (χ3v) is 3.54. The second kappa shape index (κ2) is 5.99. The van der Waals surface area contributed by atoms with Gasteiger partial charge in [-0.15, -0.1) is 0 Å². The van der Waals surface area contributed by atoms with Crippen LogP contribution in [0.25, 0.3) is 0 Å². The molecule has 6 heteroatoms. The van der Waals surface area contributed by atoms with Crippen LogP contribution in [0.4, 0.5) is 5.69 Å². The number of rotatable bonds is 2. The Kier molecular flexibility index (Phi) is 4.61. The molecule has 1 unspecified atom stereocenters. The largest absolute Gasteiger partial charge is 0.366 e. The fourth-order valence-electron chi connectivity index (χ4n) is 1.54. The van der Waals surface area contributed by atoms with Gasteiger partial charge >= 0.3 is 0 Å². The van der Waals surface area contributed by atoms with E-state index in [2.05, 4.69) is 33.2 Å². The summed E-state index contributed by atoms with van der Waals surface area (Å²) in [5.41, 5.74) is 0.758. The van der Waals surface area contributed by atoms with Gasteiger partial charge in [-0.25, -0.2) is 0 Å². The number of carbonyl (C=O) groups excluding carboxylic acids is 1. The van der Waals surface area contributed by atoms with Gasteiger partial charge in [0.15, 0.2) is 0 Å². The van der Waals surface area contributed by atoms with Gasteiger partial charge in [0.1, 0.15) is 6.10 Å². The molecule has 2 N–H and O–H groups in total. The molecule has 1 aromatic rings. The van der Waals surface area contributed by atoms with Crippen LogP contribution >= 0.6 is 34.2 Å². The van der Waals surface area contributed by atoms with Crippen molar-refractivity contribution in [3.63, 3.8) is 0 Å². The summed E-state index contributed by atoms with van der Waals surface area (Å²) in [5.74, 6) is -0.127. The molecule has 0 radical (unpaired) electrons. The van der Waals surface area contributed by atoms with Crippen LogP contribution in [0.3, 0.4) is 0 Å². The highest BCUT2D eigenvalue weighted by atomic mass is 127. The van der Waals surface area contributed by atoms with Crippen LogP contribution in [-0.4, -0.2) is 31.7 Å². The molecule has 1 saturated heterocycles. The van der Waals surface area contributed by atoms with Crippen molar-refractivity contribution in [3.05, 3.63) is 26.8 Å². The molecule has 0 bridgehead atoms. The first kappa shape index (κ1) is 13.1. The zero-order valence-corrected chi connectivity index (χ0v) is 11.9. The number of carbonyl (C=O) groups is 1. The number of anilines is 1. The van der Waals surface area contributed by atoms with Crippen LogP contribution in [0.5, 0.6) is 0 Å². The summed E-state index contributed by atoms with van der Waals surface area (Å²) < 4.78 is 6.28. The molecule has 0 aromatic heterocycles. The normalized spacial score (nSPS) is 20.0. The van der Waals surface area contributed by atoms with Crippen LogP contribution in [-0.2, 0) is 9.53 Å². The minimum absolute atomic E-state index is 0.127. The van der Waals surface area contributed by atoms with Crippen LogP contribution in [0.2, 0.25) is 5.02 Å². The fraction of sp³-hybridized carbons (Fsp3) is 0.364. The maximum Gasteiger partial charge on any atom is 0.254 e. The topological polar surface area (TPSA) is 50.4 Å². The van der Waals surface area contributed by atoms with Crippen LogP contribution in [0.1, 0.15) is 0 Å². The standard InChI is InChI=1S/C11H12ClIN2O2/c12-7-1-2-9(8(13)5-7)15-11(16)10-6-14-3-4-17-10/h1-2,5,10,14H,3-4,6H2,(H,15,16). The molecule has 17 heavy (non-hydrogen) atoms. The molecule has 1 heterocycles. The lowest BCUT2D eigenvalue weighted by atomic mass is 10.2. The van der Waals surface area contributed by atoms with Crippen LogP contribution in [0, 0.1) is 3.57 Å². The van der Waals surface area contributed by atoms with Gasteiger partial charge in [0, 0.05) is 21.7 Å². The smallest absolute Gasteiger partial charge is 0.254 e. The SMILES string of the molecule is O=C(Nc1ccc(Cl)cc1I)C1CNCCO1. The molecule has 2 rings (SSSR count). The van der Waals surface area contributed by atoms with Crippen molar-refractivity contribution in [2.45, 2.75) is 6.10 Å². The quantitative estimate of drug-likeness (QED) is 0.786. The first-order valence-corrected chi connectivity index (χ1v) is 6.71. The monoisotopic (exact) mass is 366 g/mol. The molecular weight excluding hydrogens is 354 g/mol. The van der Waals surface area contributed by atoms with Crippen molar-refractivity contribution in [3.8, 4) is 0 Å². The lowest BCUT2D eigenvalue weighted by Gasteiger charge is -2.22. The van der Waals surface area contributed by atoms with Crippen molar-refractivity contribution in [1.82, 2.24) is 5.32 Å². The minimum atomic E-state index is -0.421. The molecular formula is C11H12ClIN2O2. The van der Waals surface area contributed by atoms with Crippen molar-refractivity contribution in [2.24, 2.45) is 0 Å². The lowest BCUT2D eigenvalue weighted by Crippen LogP contribution is -2.45. The molecule has 1 amide bonds. The average molecular weight is 367 g/mol. The molecule has 92 valence electrons. The molecule has 0 aliphatic carbocycles. The van der Waals surface area contributed by atoms with E-state index >= 15 is 0 Å². The Morgan fingerprint density at radius 1 is 1.59 bits per heavy atom. The van der Waals surface area contributed by atoms with Crippen molar-refractivity contribution < 1.29 is 9.53 Å². The van der Waals surface area contributed by atoms with E-state index in [1.165, 1.54) is 0 Å². The fourth-order valence-corrected chi connectivity index (χ4v) is 2.54. The number of amides is 1. The van der Waals surface area contributed by atoms with Gasteiger partial charge in [-0.2, -0.15) is 0 Å². The number of morpholine rings is 1. The summed E-state index contributed by atoms with van der Waals surface area (Å²) in [4.78, 5) is 11.9. The number of ether oxygens (including phenoxy) is 1. The lowest BCUT2D eigenvalue weighted by molar-refractivity contribution is -0.128. The zero-order chi connectivity index (χ0) is 12.3. The third-order valence-electron chi connectivity index (χ3n) is 2.41. The maximum absolute atomic E-state index is 11.9. The Hall–Kier alpha value is -0.370. The van der Waals surface area contributed by atoms with Crippen molar-refractivity contribution in [1.29, 1.82) is 0 Å².